The summed E-state index contributed by atoms with van der Waals surface area (Å²) in [6.07, 6.45) is 13.9. The molecule has 0 heterocycles. The standard InChI is InChI=1S/C22H28Cl2N2O4/c1-3-17(24)7-6-14-29-15-21(27)25-18-9-11-19(12-10-18)26-22(28)16-30-20(4-2)8-5-13-23/h3-8,13-14,18-19H,1-2,9-12,15-16H2,(H,25,27)(H,26,28)/b13-5+,14-6+,17-7+,20-8+. The van der Waals surface area contributed by atoms with Gasteiger partial charge in [0, 0.05) is 22.7 Å². The minimum Gasteiger partial charge on any atom is -0.491 e. The quantitative estimate of drug-likeness (QED) is 0.342. The third-order valence-corrected chi connectivity index (χ3v) is 4.63. The van der Waals surface area contributed by atoms with Crippen LogP contribution in [-0.2, 0) is 19.1 Å². The Morgan fingerprint density at radius 2 is 1.53 bits per heavy atom. The molecule has 0 spiro atoms. The van der Waals surface area contributed by atoms with E-state index in [9.17, 15) is 9.59 Å². The average Bonchev–Trinajstić information content (AvgIpc) is 2.74. The van der Waals surface area contributed by atoms with Crippen LogP contribution in [0.15, 0.2) is 72.2 Å². The molecule has 0 aromatic rings. The predicted octanol–water partition coefficient (Wildman–Crippen LogP) is 4.21. The molecule has 0 aliphatic heterocycles. The van der Waals surface area contributed by atoms with Gasteiger partial charge in [0.15, 0.2) is 13.2 Å². The van der Waals surface area contributed by atoms with E-state index in [1.54, 1.807) is 24.3 Å². The van der Waals surface area contributed by atoms with E-state index in [0.29, 0.717) is 10.8 Å². The van der Waals surface area contributed by atoms with Crippen molar-refractivity contribution in [3.8, 4) is 0 Å². The molecule has 1 rings (SSSR count). The maximum Gasteiger partial charge on any atom is 0.258 e. The highest BCUT2D eigenvalue weighted by Gasteiger charge is 2.23. The van der Waals surface area contributed by atoms with Crippen molar-refractivity contribution >= 4 is 35.0 Å². The second-order valence-electron chi connectivity index (χ2n) is 6.46. The number of ether oxygens (including phenoxy) is 2. The largest absolute Gasteiger partial charge is 0.491 e. The number of hydrogen-bond donors (Lipinski definition) is 2. The molecule has 1 saturated carbocycles. The highest BCUT2D eigenvalue weighted by Crippen LogP contribution is 2.18. The van der Waals surface area contributed by atoms with Crippen LogP contribution in [-0.4, -0.2) is 37.1 Å². The molecular formula is C22H28Cl2N2O4. The van der Waals surface area contributed by atoms with Crippen molar-refractivity contribution in [1.29, 1.82) is 0 Å². The van der Waals surface area contributed by atoms with E-state index < -0.39 is 0 Å². The first-order valence-corrected chi connectivity index (χ1v) is 10.4. The molecule has 6 nitrogen and oxygen atoms in total. The zero-order valence-corrected chi connectivity index (χ0v) is 18.3. The Balaban J connectivity index is 2.24. The van der Waals surface area contributed by atoms with Crippen LogP contribution in [0.3, 0.4) is 0 Å². The summed E-state index contributed by atoms with van der Waals surface area (Å²) in [4.78, 5) is 24.0. The Kier molecular flexibility index (Phi) is 13.1. The van der Waals surface area contributed by atoms with E-state index in [1.165, 1.54) is 23.9 Å². The van der Waals surface area contributed by atoms with Crippen LogP contribution in [0.5, 0.6) is 0 Å². The van der Waals surface area contributed by atoms with E-state index in [1.807, 2.05) is 0 Å². The second-order valence-corrected chi connectivity index (χ2v) is 7.15. The first-order chi connectivity index (χ1) is 14.5. The normalized spacial score (nSPS) is 20.1. The molecule has 2 N–H and O–H groups in total. The molecule has 0 saturated heterocycles. The summed E-state index contributed by atoms with van der Waals surface area (Å²) in [5.74, 6) is 0.0790. The van der Waals surface area contributed by atoms with Gasteiger partial charge in [-0.2, -0.15) is 0 Å². The van der Waals surface area contributed by atoms with Gasteiger partial charge in [0.05, 0.1) is 6.26 Å². The van der Waals surface area contributed by atoms with Crippen molar-refractivity contribution in [1.82, 2.24) is 10.6 Å². The Morgan fingerprint density at radius 1 is 0.933 bits per heavy atom. The average molecular weight is 455 g/mol. The molecule has 1 aliphatic carbocycles. The molecule has 164 valence electrons. The van der Waals surface area contributed by atoms with Crippen molar-refractivity contribution in [3.63, 3.8) is 0 Å². The zero-order valence-electron chi connectivity index (χ0n) is 16.8. The van der Waals surface area contributed by atoms with E-state index in [-0.39, 0.29) is 37.1 Å². The minimum atomic E-state index is -0.198. The van der Waals surface area contributed by atoms with Gasteiger partial charge in [0.1, 0.15) is 5.76 Å². The highest BCUT2D eigenvalue weighted by molar-refractivity contribution is 6.31. The van der Waals surface area contributed by atoms with Crippen LogP contribution < -0.4 is 10.6 Å². The maximum atomic E-state index is 12.0. The highest BCUT2D eigenvalue weighted by atomic mass is 35.5. The van der Waals surface area contributed by atoms with E-state index in [0.717, 1.165) is 25.7 Å². The molecule has 0 aromatic heterocycles. The van der Waals surface area contributed by atoms with Gasteiger partial charge in [0.25, 0.3) is 11.8 Å². The lowest BCUT2D eigenvalue weighted by atomic mass is 9.91. The van der Waals surface area contributed by atoms with Crippen LogP contribution in [0, 0.1) is 0 Å². The molecule has 0 unspecified atom stereocenters. The van der Waals surface area contributed by atoms with E-state index in [2.05, 4.69) is 23.8 Å². The Labute approximate surface area is 188 Å². The molecular weight excluding hydrogens is 427 g/mol. The first-order valence-electron chi connectivity index (χ1n) is 9.55. The number of allylic oxidation sites excluding steroid dienone is 7. The van der Waals surface area contributed by atoms with Crippen LogP contribution in [0.4, 0.5) is 0 Å². The van der Waals surface area contributed by atoms with Crippen LogP contribution in [0.2, 0.25) is 0 Å². The summed E-state index contributed by atoms with van der Waals surface area (Å²) in [6.45, 7) is 6.98. The number of carbonyl (C=O) groups is 2. The Bertz CT molecular complexity index is 706. The van der Waals surface area contributed by atoms with Crippen LogP contribution >= 0.6 is 23.2 Å². The van der Waals surface area contributed by atoms with Crippen molar-refractivity contribution in [2.75, 3.05) is 13.2 Å². The van der Waals surface area contributed by atoms with Gasteiger partial charge in [-0.1, -0.05) is 42.4 Å². The number of rotatable bonds is 12. The van der Waals surface area contributed by atoms with Crippen LogP contribution in [0.1, 0.15) is 25.7 Å². The third kappa shape index (κ3) is 11.5. The lowest BCUT2D eigenvalue weighted by molar-refractivity contribution is -0.126. The molecule has 1 aliphatic rings. The number of nitrogens with one attached hydrogen (secondary N) is 2. The number of amides is 2. The SMILES string of the molecule is C=C/C(Cl)=C\C=C\OCC(=O)NC1CCC(NC(=O)CO/C(C=C)=C/C=C/Cl)CC1. The van der Waals surface area contributed by atoms with Gasteiger partial charge < -0.3 is 20.1 Å². The van der Waals surface area contributed by atoms with E-state index >= 15 is 0 Å². The molecule has 0 radical (unpaired) electrons. The number of hydrogen-bond acceptors (Lipinski definition) is 4. The summed E-state index contributed by atoms with van der Waals surface area (Å²) in [6, 6.07) is 0.135. The fourth-order valence-electron chi connectivity index (χ4n) is 2.75. The van der Waals surface area contributed by atoms with Gasteiger partial charge in [0.2, 0.25) is 0 Å². The summed E-state index contributed by atoms with van der Waals surface area (Å²) in [7, 11) is 0. The fourth-order valence-corrected chi connectivity index (χ4v) is 2.90. The topological polar surface area (TPSA) is 76.7 Å². The molecule has 0 atom stereocenters. The van der Waals surface area contributed by atoms with Gasteiger partial charge in [-0.3, -0.25) is 9.59 Å². The number of carbonyl (C=O) groups excluding carboxylic acids is 2. The predicted molar refractivity (Wildman–Crippen MR) is 121 cm³/mol. The molecule has 8 heteroatoms. The summed E-state index contributed by atoms with van der Waals surface area (Å²) in [5.41, 5.74) is 1.34. The smallest absolute Gasteiger partial charge is 0.258 e. The number of halogens is 2. The van der Waals surface area contributed by atoms with Gasteiger partial charge in [-0.15, -0.1) is 0 Å². The molecule has 30 heavy (non-hydrogen) atoms. The zero-order chi connectivity index (χ0) is 22.2. The fraction of sp³-hybridized carbons (Fsp3) is 0.364. The first kappa shape index (κ1) is 25.6. The lowest BCUT2D eigenvalue weighted by Gasteiger charge is -2.29. The summed E-state index contributed by atoms with van der Waals surface area (Å²) < 4.78 is 10.5. The van der Waals surface area contributed by atoms with Gasteiger partial charge in [-0.05, 0) is 56.1 Å². The van der Waals surface area contributed by atoms with Crippen LogP contribution in [0.25, 0.3) is 0 Å². The van der Waals surface area contributed by atoms with Gasteiger partial charge >= 0.3 is 0 Å². The van der Waals surface area contributed by atoms with E-state index in [4.69, 9.17) is 32.7 Å². The Hall–Kier alpha value is -2.44. The summed E-state index contributed by atoms with van der Waals surface area (Å²) >= 11 is 11.2. The second kappa shape index (κ2) is 15.4. The van der Waals surface area contributed by atoms with Crippen molar-refractivity contribution < 1.29 is 19.1 Å². The monoisotopic (exact) mass is 454 g/mol. The summed E-state index contributed by atoms with van der Waals surface area (Å²) in [5, 5.41) is 6.38. The molecule has 2 amide bonds. The Morgan fingerprint density at radius 3 is 2.07 bits per heavy atom. The minimum absolute atomic E-state index is 0.0636. The molecule has 0 aromatic carbocycles. The molecule has 0 bridgehead atoms. The van der Waals surface area contributed by atoms with Gasteiger partial charge in [-0.25, -0.2) is 0 Å². The maximum absolute atomic E-state index is 12.0. The van der Waals surface area contributed by atoms with Crippen molar-refractivity contribution in [3.05, 3.63) is 72.2 Å². The molecule has 1 fully saturated rings. The third-order valence-electron chi connectivity index (χ3n) is 4.20. The van der Waals surface area contributed by atoms with Crippen molar-refractivity contribution in [2.24, 2.45) is 0 Å². The van der Waals surface area contributed by atoms with Crippen molar-refractivity contribution in [2.45, 2.75) is 37.8 Å². The lowest BCUT2D eigenvalue weighted by Crippen LogP contribution is -2.45.